The van der Waals surface area contributed by atoms with Gasteiger partial charge >= 0.3 is 0 Å². The Hall–Kier alpha value is -9.92. The van der Waals surface area contributed by atoms with Crippen LogP contribution in [0.2, 0.25) is 0 Å². The third-order valence-corrected chi connectivity index (χ3v) is 13.9. The largest absolute Gasteiger partial charge is 0.456 e. The standard InChI is InChI=1S/C64H38N4O4/c1-5-13-57-51(9-1)53-33-29-47(37-61(53)69-57)67(43-23-19-39(20-24-43)63-65-55-11-3-7-15-59(55)71-63)45-27-31-49-41(35-45)17-18-42-36-46(28-32-50(42)49)68(48-30-34-54-52-10-2-6-14-58(52)70-62(54)38-48)44-25-21-40(22-26-44)64-66-56-12-4-8-16-60(56)72-64/h1-38H. The summed E-state index contributed by atoms with van der Waals surface area (Å²) in [6, 6.07) is 79.7. The first-order chi connectivity index (χ1) is 35.6. The number of anilines is 6. The van der Waals surface area contributed by atoms with Gasteiger partial charge in [-0.15, -0.1) is 0 Å². The lowest BCUT2D eigenvalue weighted by Crippen LogP contribution is -2.10. The van der Waals surface area contributed by atoms with Gasteiger partial charge in [0.15, 0.2) is 11.2 Å². The number of hydrogen-bond acceptors (Lipinski definition) is 8. The zero-order chi connectivity index (χ0) is 47.3. The number of nitrogens with zero attached hydrogens (tertiary/aromatic N) is 4. The van der Waals surface area contributed by atoms with E-state index in [0.29, 0.717) is 11.8 Å². The van der Waals surface area contributed by atoms with Gasteiger partial charge in [-0.05, 0) is 155 Å². The van der Waals surface area contributed by atoms with E-state index in [9.17, 15) is 0 Å². The van der Waals surface area contributed by atoms with E-state index in [-0.39, 0.29) is 0 Å². The third-order valence-electron chi connectivity index (χ3n) is 13.9. The van der Waals surface area contributed by atoms with Crippen molar-refractivity contribution in [2.75, 3.05) is 9.80 Å². The molecule has 15 rings (SSSR count). The van der Waals surface area contributed by atoms with Crippen LogP contribution in [-0.2, 0) is 0 Å². The Bertz CT molecular complexity index is 4240. The van der Waals surface area contributed by atoms with Gasteiger partial charge in [0.05, 0.1) is 0 Å². The summed E-state index contributed by atoms with van der Waals surface area (Å²) in [6.07, 6.45) is 0. The van der Waals surface area contributed by atoms with E-state index < -0.39 is 0 Å². The Morgan fingerprint density at radius 2 is 0.597 bits per heavy atom. The molecule has 8 nitrogen and oxygen atoms in total. The van der Waals surface area contributed by atoms with Crippen molar-refractivity contribution in [3.63, 3.8) is 0 Å². The topological polar surface area (TPSA) is 84.8 Å². The Morgan fingerprint density at radius 1 is 0.250 bits per heavy atom. The summed E-state index contributed by atoms with van der Waals surface area (Å²) in [6.45, 7) is 0. The number of fused-ring (bicyclic) bond motifs is 11. The highest BCUT2D eigenvalue weighted by molar-refractivity contribution is 6.11. The van der Waals surface area contributed by atoms with Crippen LogP contribution in [0.25, 0.3) is 111 Å². The Kier molecular flexibility index (Phi) is 8.79. The predicted molar refractivity (Wildman–Crippen MR) is 291 cm³/mol. The number of rotatable bonds is 8. The molecule has 0 unspecified atom stereocenters. The molecule has 0 atom stereocenters. The molecule has 15 aromatic rings. The molecule has 72 heavy (non-hydrogen) atoms. The Morgan fingerprint density at radius 3 is 1.03 bits per heavy atom. The lowest BCUT2D eigenvalue weighted by molar-refractivity contribution is 0.619. The summed E-state index contributed by atoms with van der Waals surface area (Å²) in [5, 5.41) is 8.89. The van der Waals surface area contributed by atoms with Crippen molar-refractivity contribution < 1.29 is 17.7 Å². The van der Waals surface area contributed by atoms with Crippen LogP contribution >= 0.6 is 0 Å². The lowest BCUT2D eigenvalue weighted by Gasteiger charge is -2.27. The van der Waals surface area contributed by atoms with Gasteiger partial charge < -0.3 is 27.5 Å². The second-order valence-electron chi connectivity index (χ2n) is 18.2. The van der Waals surface area contributed by atoms with Crippen molar-refractivity contribution >= 4 is 122 Å². The SMILES string of the molecule is c1ccc2oc(-c3ccc(N(c4ccc5c(ccc6cc(N(c7ccc(-c8nc9ccccc9o8)cc7)c7ccc8c(c7)oc7ccccc78)ccc65)c4)c4ccc5c(c4)oc4ccccc45)cc3)nc2c1. The van der Waals surface area contributed by atoms with E-state index in [1.807, 2.05) is 72.8 Å². The van der Waals surface area contributed by atoms with Crippen molar-refractivity contribution in [3.8, 4) is 22.9 Å². The zero-order valence-corrected chi connectivity index (χ0v) is 38.4. The molecule has 4 aromatic heterocycles. The highest BCUT2D eigenvalue weighted by atomic mass is 16.4. The third kappa shape index (κ3) is 6.54. The number of benzene rings is 11. The van der Waals surface area contributed by atoms with Gasteiger partial charge in [-0.3, -0.25) is 0 Å². The van der Waals surface area contributed by atoms with Crippen molar-refractivity contribution in [3.05, 3.63) is 231 Å². The van der Waals surface area contributed by atoms with Crippen LogP contribution < -0.4 is 9.80 Å². The van der Waals surface area contributed by atoms with E-state index >= 15 is 0 Å². The van der Waals surface area contributed by atoms with Gasteiger partial charge in [0.2, 0.25) is 11.8 Å². The van der Waals surface area contributed by atoms with Gasteiger partial charge in [0, 0.05) is 78.9 Å². The molecule has 0 radical (unpaired) electrons. The van der Waals surface area contributed by atoms with E-state index in [4.69, 9.17) is 27.6 Å². The predicted octanol–water partition coefficient (Wildman–Crippen LogP) is 18.3. The highest BCUT2D eigenvalue weighted by Crippen LogP contribution is 2.44. The van der Waals surface area contributed by atoms with Gasteiger partial charge in [0.1, 0.15) is 33.4 Å². The van der Waals surface area contributed by atoms with Crippen molar-refractivity contribution in [1.29, 1.82) is 0 Å². The minimum atomic E-state index is 0.587. The molecule has 0 aliphatic heterocycles. The number of aromatic nitrogens is 2. The average Bonchev–Trinajstić information content (AvgIpc) is 4.24. The average molecular weight is 927 g/mol. The normalized spacial score (nSPS) is 11.9. The maximum Gasteiger partial charge on any atom is 0.227 e. The van der Waals surface area contributed by atoms with Gasteiger partial charge in [-0.2, -0.15) is 0 Å². The van der Waals surface area contributed by atoms with Crippen LogP contribution in [0.5, 0.6) is 0 Å². The lowest BCUT2D eigenvalue weighted by atomic mass is 9.99. The molecule has 0 amide bonds. The van der Waals surface area contributed by atoms with E-state index in [1.54, 1.807) is 0 Å². The molecule has 11 aromatic carbocycles. The zero-order valence-electron chi connectivity index (χ0n) is 38.4. The second-order valence-corrected chi connectivity index (χ2v) is 18.2. The summed E-state index contributed by atoms with van der Waals surface area (Å²) in [5.41, 5.74) is 14.3. The second kappa shape index (κ2) is 15.8. The first kappa shape index (κ1) is 40.0. The number of furan rings is 2. The van der Waals surface area contributed by atoms with Crippen molar-refractivity contribution in [1.82, 2.24) is 9.97 Å². The van der Waals surface area contributed by atoms with Crippen LogP contribution in [0.4, 0.5) is 34.1 Å². The summed E-state index contributed by atoms with van der Waals surface area (Å²) in [7, 11) is 0. The molecule has 4 heterocycles. The molecule has 0 fully saturated rings. The van der Waals surface area contributed by atoms with Gasteiger partial charge in [0.25, 0.3) is 0 Å². The summed E-state index contributed by atoms with van der Waals surface area (Å²) in [4.78, 5) is 14.1. The summed E-state index contributed by atoms with van der Waals surface area (Å²) >= 11 is 0. The fraction of sp³-hybridized carbons (Fsp3) is 0. The monoisotopic (exact) mass is 926 g/mol. The Labute approximate surface area is 410 Å². The smallest absolute Gasteiger partial charge is 0.227 e. The molecule has 0 bridgehead atoms. The number of para-hydroxylation sites is 6. The minimum Gasteiger partial charge on any atom is -0.456 e. The molecular formula is C64H38N4O4. The molecule has 0 aliphatic carbocycles. The first-order valence-corrected chi connectivity index (χ1v) is 23.9. The quantitative estimate of drug-likeness (QED) is 0.139. The molecule has 0 N–H and O–H groups in total. The van der Waals surface area contributed by atoms with Gasteiger partial charge in [-0.1, -0.05) is 84.9 Å². The molecule has 0 aliphatic rings. The van der Waals surface area contributed by atoms with E-state index in [1.165, 1.54) is 0 Å². The van der Waals surface area contributed by atoms with E-state index in [0.717, 1.165) is 133 Å². The van der Waals surface area contributed by atoms with Crippen molar-refractivity contribution in [2.24, 2.45) is 0 Å². The van der Waals surface area contributed by atoms with Crippen LogP contribution in [0.15, 0.2) is 248 Å². The molecule has 0 saturated carbocycles. The highest BCUT2D eigenvalue weighted by Gasteiger charge is 2.20. The first-order valence-electron chi connectivity index (χ1n) is 23.9. The molecule has 0 spiro atoms. The van der Waals surface area contributed by atoms with Crippen LogP contribution in [-0.4, -0.2) is 9.97 Å². The minimum absolute atomic E-state index is 0.587. The number of hydrogen-bond donors (Lipinski definition) is 0. The fourth-order valence-corrected chi connectivity index (χ4v) is 10.4. The molecule has 0 saturated heterocycles. The van der Waals surface area contributed by atoms with Crippen molar-refractivity contribution in [2.45, 2.75) is 0 Å². The van der Waals surface area contributed by atoms with Gasteiger partial charge in [-0.25, -0.2) is 9.97 Å². The molecule has 338 valence electrons. The number of oxazole rings is 2. The maximum atomic E-state index is 6.43. The maximum absolute atomic E-state index is 6.43. The molecular weight excluding hydrogens is 889 g/mol. The van der Waals surface area contributed by atoms with Crippen LogP contribution in [0.1, 0.15) is 0 Å². The van der Waals surface area contributed by atoms with Crippen LogP contribution in [0, 0.1) is 0 Å². The molecule has 8 heteroatoms. The summed E-state index contributed by atoms with van der Waals surface area (Å²) < 4.78 is 25.2. The van der Waals surface area contributed by atoms with E-state index in [2.05, 4.69) is 168 Å². The fourth-order valence-electron chi connectivity index (χ4n) is 10.4. The van der Waals surface area contributed by atoms with Crippen LogP contribution in [0.3, 0.4) is 0 Å². The summed E-state index contributed by atoms with van der Waals surface area (Å²) in [5.74, 6) is 1.17. The Balaban J connectivity index is 0.828.